The van der Waals surface area contributed by atoms with Crippen molar-refractivity contribution in [2.45, 2.75) is 31.8 Å². The summed E-state index contributed by atoms with van der Waals surface area (Å²) in [6.07, 6.45) is 9.16. The first-order valence-corrected chi connectivity index (χ1v) is 6.73. The van der Waals surface area contributed by atoms with Crippen LogP contribution >= 0.6 is 0 Å². The zero-order valence-electron chi connectivity index (χ0n) is 11.4. The molecule has 0 fully saturated rings. The summed E-state index contributed by atoms with van der Waals surface area (Å²) in [5, 5.41) is 18.0. The van der Waals surface area contributed by atoms with E-state index in [1.54, 1.807) is 11.6 Å². The number of aliphatic hydroxyl groups excluding tert-OH is 1. The molecule has 0 aliphatic heterocycles. The molecule has 0 saturated heterocycles. The van der Waals surface area contributed by atoms with Gasteiger partial charge in [-0.05, 0) is 18.4 Å². The monoisotopic (exact) mass is 275 g/mol. The summed E-state index contributed by atoms with van der Waals surface area (Å²) in [5.74, 6) is -0.388. The van der Waals surface area contributed by atoms with Gasteiger partial charge in [0, 0.05) is 6.42 Å². The molecule has 0 aromatic heterocycles. The van der Waals surface area contributed by atoms with Gasteiger partial charge in [-0.15, -0.1) is 0 Å². The van der Waals surface area contributed by atoms with Gasteiger partial charge in [-0.25, -0.2) is 5.48 Å². The Morgan fingerprint density at radius 3 is 2.65 bits per heavy atom. The summed E-state index contributed by atoms with van der Waals surface area (Å²) in [7, 11) is 0. The first-order valence-electron chi connectivity index (χ1n) is 6.73. The Kier molecular flexibility index (Phi) is 8.03. The average Bonchev–Trinajstić information content (AvgIpc) is 2.49. The molecule has 0 heterocycles. The summed E-state index contributed by atoms with van der Waals surface area (Å²) >= 11 is 0. The number of allylic oxidation sites excluding steroid dienone is 2. The van der Waals surface area contributed by atoms with E-state index in [4.69, 9.17) is 5.21 Å². The highest BCUT2D eigenvalue weighted by atomic mass is 16.5. The molecule has 0 aliphatic carbocycles. The molecule has 1 aromatic carbocycles. The summed E-state index contributed by atoms with van der Waals surface area (Å²) in [6.45, 7) is 0. The van der Waals surface area contributed by atoms with Crippen molar-refractivity contribution in [3.8, 4) is 0 Å². The lowest BCUT2D eigenvalue weighted by atomic mass is 10.1. The number of nitrogens with one attached hydrogen (secondary N) is 1. The molecule has 0 spiro atoms. The second kappa shape index (κ2) is 9.95. The van der Waals surface area contributed by atoms with Crippen LogP contribution < -0.4 is 5.48 Å². The fraction of sp³-hybridized carbons (Fsp3) is 0.312. The predicted molar refractivity (Wildman–Crippen MR) is 79.0 cm³/mol. The van der Waals surface area contributed by atoms with Crippen LogP contribution in [0.5, 0.6) is 0 Å². The highest BCUT2D eigenvalue weighted by Gasteiger charge is 2.01. The summed E-state index contributed by atoms with van der Waals surface area (Å²) in [6, 6.07) is 9.93. The first kappa shape index (κ1) is 16.1. The Balaban J connectivity index is 2.18. The van der Waals surface area contributed by atoms with Gasteiger partial charge in [0.1, 0.15) is 0 Å². The van der Waals surface area contributed by atoms with Crippen LogP contribution in [0.25, 0.3) is 6.08 Å². The Bertz CT molecular complexity index is 440. The molecule has 20 heavy (non-hydrogen) atoms. The number of unbranched alkanes of at least 4 members (excludes halogenated alkanes) is 1. The van der Waals surface area contributed by atoms with E-state index in [-0.39, 0.29) is 12.3 Å². The van der Waals surface area contributed by atoms with Crippen molar-refractivity contribution < 1.29 is 15.1 Å². The van der Waals surface area contributed by atoms with Crippen LogP contribution in [0, 0.1) is 0 Å². The molecule has 0 radical (unpaired) electrons. The maximum atomic E-state index is 10.8. The van der Waals surface area contributed by atoms with Crippen molar-refractivity contribution in [1.82, 2.24) is 5.48 Å². The van der Waals surface area contributed by atoms with Crippen LogP contribution in [-0.4, -0.2) is 22.3 Å². The minimum Gasteiger partial charge on any atom is -0.389 e. The van der Waals surface area contributed by atoms with Crippen LogP contribution in [0.2, 0.25) is 0 Å². The van der Waals surface area contributed by atoms with E-state index >= 15 is 0 Å². The number of benzene rings is 1. The number of hydrogen-bond donors (Lipinski definition) is 3. The lowest BCUT2D eigenvalue weighted by Gasteiger charge is -2.04. The van der Waals surface area contributed by atoms with Crippen LogP contribution in [0.3, 0.4) is 0 Å². The largest absolute Gasteiger partial charge is 0.389 e. The second-order valence-electron chi connectivity index (χ2n) is 4.50. The SMILES string of the molecule is O=C(CCCCC(O)/C=C/C=C/c1ccccc1)NO. The highest BCUT2D eigenvalue weighted by molar-refractivity contribution is 5.74. The van der Waals surface area contributed by atoms with Crippen molar-refractivity contribution in [2.75, 3.05) is 0 Å². The smallest absolute Gasteiger partial charge is 0.243 e. The molecule has 1 rings (SSSR count). The second-order valence-corrected chi connectivity index (χ2v) is 4.50. The van der Waals surface area contributed by atoms with E-state index in [9.17, 15) is 9.90 Å². The van der Waals surface area contributed by atoms with Gasteiger partial charge in [-0.2, -0.15) is 0 Å². The molecular formula is C16H21NO3. The summed E-state index contributed by atoms with van der Waals surface area (Å²) < 4.78 is 0. The number of rotatable bonds is 8. The molecule has 1 unspecified atom stereocenters. The fourth-order valence-corrected chi connectivity index (χ4v) is 1.71. The molecule has 3 N–H and O–H groups in total. The maximum absolute atomic E-state index is 10.8. The average molecular weight is 275 g/mol. The van der Waals surface area contributed by atoms with E-state index in [0.717, 1.165) is 12.0 Å². The molecule has 4 nitrogen and oxygen atoms in total. The van der Waals surface area contributed by atoms with Gasteiger partial charge in [0.2, 0.25) is 5.91 Å². The van der Waals surface area contributed by atoms with Gasteiger partial charge >= 0.3 is 0 Å². The Morgan fingerprint density at radius 2 is 1.95 bits per heavy atom. The molecule has 1 aromatic rings. The van der Waals surface area contributed by atoms with Gasteiger partial charge in [-0.1, -0.05) is 61.1 Å². The normalized spacial score (nSPS) is 12.9. The van der Waals surface area contributed by atoms with Crippen molar-refractivity contribution in [1.29, 1.82) is 0 Å². The predicted octanol–water partition coefficient (Wildman–Crippen LogP) is 2.68. The van der Waals surface area contributed by atoms with E-state index in [0.29, 0.717) is 12.8 Å². The fourth-order valence-electron chi connectivity index (χ4n) is 1.71. The zero-order chi connectivity index (χ0) is 14.6. The number of carbonyl (C=O) groups is 1. The number of carbonyl (C=O) groups excluding carboxylic acids is 1. The van der Waals surface area contributed by atoms with Gasteiger partial charge in [0.05, 0.1) is 6.10 Å². The van der Waals surface area contributed by atoms with Gasteiger partial charge < -0.3 is 5.11 Å². The number of hydroxylamine groups is 1. The van der Waals surface area contributed by atoms with E-state index in [1.165, 1.54) is 0 Å². The molecule has 0 aliphatic rings. The molecule has 1 atom stereocenters. The standard InChI is InChI=1S/C16H21NO3/c18-15(12-6-7-13-16(19)17-20)11-5-4-10-14-8-2-1-3-9-14/h1-5,8-11,15,18,20H,6-7,12-13H2,(H,17,19)/b10-4+,11-5+. The maximum Gasteiger partial charge on any atom is 0.243 e. The summed E-state index contributed by atoms with van der Waals surface area (Å²) in [4.78, 5) is 10.8. The van der Waals surface area contributed by atoms with Crippen LogP contribution in [-0.2, 0) is 4.79 Å². The molecule has 0 saturated carbocycles. The van der Waals surface area contributed by atoms with Gasteiger partial charge in [-0.3, -0.25) is 10.0 Å². The summed E-state index contributed by atoms with van der Waals surface area (Å²) in [5.41, 5.74) is 2.70. The highest BCUT2D eigenvalue weighted by Crippen LogP contribution is 2.05. The van der Waals surface area contributed by atoms with Crippen molar-refractivity contribution in [2.24, 2.45) is 0 Å². The molecule has 1 amide bonds. The zero-order valence-corrected chi connectivity index (χ0v) is 11.4. The quantitative estimate of drug-likeness (QED) is 0.296. The number of hydrogen-bond acceptors (Lipinski definition) is 3. The Morgan fingerprint density at radius 1 is 1.20 bits per heavy atom. The number of aliphatic hydroxyl groups is 1. The van der Waals surface area contributed by atoms with Crippen molar-refractivity contribution in [3.63, 3.8) is 0 Å². The third-order valence-corrected chi connectivity index (χ3v) is 2.81. The van der Waals surface area contributed by atoms with Crippen LogP contribution in [0.15, 0.2) is 48.6 Å². The molecule has 108 valence electrons. The Labute approximate surface area is 119 Å². The lowest BCUT2D eigenvalue weighted by molar-refractivity contribution is -0.129. The third-order valence-electron chi connectivity index (χ3n) is 2.81. The third kappa shape index (κ3) is 7.51. The van der Waals surface area contributed by atoms with Crippen molar-refractivity contribution >= 4 is 12.0 Å². The van der Waals surface area contributed by atoms with Crippen LogP contribution in [0.4, 0.5) is 0 Å². The molecule has 0 bridgehead atoms. The van der Waals surface area contributed by atoms with Crippen LogP contribution in [0.1, 0.15) is 31.2 Å². The first-order chi connectivity index (χ1) is 9.72. The minimum absolute atomic E-state index is 0.279. The Hall–Kier alpha value is -1.91. The lowest BCUT2D eigenvalue weighted by Crippen LogP contribution is -2.17. The number of amides is 1. The van der Waals surface area contributed by atoms with Crippen molar-refractivity contribution in [3.05, 3.63) is 54.1 Å². The van der Waals surface area contributed by atoms with E-state index < -0.39 is 6.10 Å². The molecule has 4 heteroatoms. The van der Waals surface area contributed by atoms with Gasteiger partial charge in [0.15, 0.2) is 0 Å². The topological polar surface area (TPSA) is 69.6 Å². The van der Waals surface area contributed by atoms with E-state index in [1.807, 2.05) is 48.6 Å². The van der Waals surface area contributed by atoms with Gasteiger partial charge in [0.25, 0.3) is 0 Å². The minimum atomic E-state index is -0.507. The van der Waals surface area contributed by atoms with E-state index in [2.05, 4.69) is 0 Å². The molecular weight excluding hydrogens is 254 g/mol.